The van der Waals surface area contributed by atoms with Crippen molar-refractivity contribution in [2.75, 3.05) is 13.1 Å². The predicted molar refractivity (Wildman–Crippen MR) is 98.6 cm³/mol. The Morgan fingerprint density at radius 1 is 1.23 bits per heavy atom. The molecule has 0 spiro atoms. The van der Waals surface area contributed by atoms with Gasteiger partial charge in [-0.1, -0.05) is 0 Å². The average Bonchev–Trinajstić information content (AvgIpc) is 3.11. The number of aromatic nitrogens is 4. The number of imidazole rings is 1. The minimum atomic E-state index is -0.515. The Kier molecular flexibility index (Phi) is 4.94. The molecule has 9 nitrogen and oxygen atoms in total. The van der Waals surface area contributed by atoms with E-state index >= 15 is 0 Å². The first-order chi connectivity index (χ1) is 12.0. The second-order valence-electron chi connectivity index (χ2n) is 7.03. The Bertz CT molecular complexity index is 961. The molecule has 26 heavy (non-hydrogen) atoms. The van der Waals surface area contributed by atoms with E-state index in [-0.39, 0.29) is 24.9 Å². The zero-order valence-electron chi connectivity index (χ0n) is 14.8. The summed E-state index contributed by atoms with van der Waals surface area (Å²) in [5, 5.41) is 3.52. The van der Waals surface area contributed by atoms with Gasteiger partial charge in [-0.3, -0.25) is 14.2 Å². The third-order valence-corrected chi connectivity index (χ3v) is 5.37. The van der Waals surface area contributed by atoms with Gasteiger partial charge in [0.05, 0.1) is 6.33 Å². The average molecular weight is 383 g/mol. The van der Waals surface area contributed by atoms with E-state index in [0.717, 1.165) is 23.8 Å². The number of nitrogens with one attached hydrogen (secondary N) is 1. The molecule has 2 fully saturated rings. The normalized spacial score (nSPS) is 22.3. The minimum absolute atomic E-state index is 0. The number of likely N-dealkylation sites (tertiary alicyclic amines) is 1. The maximum atomic E-state index is 12.7. The van der Waals surface area contributed by atoms with Crippen molar-refractivity contribution in [2.24, 2.45) is 14.1 Å². The Morgan fingerprint density at radius 2 is 1.96 bits per heavy atom. The summed E-state index contributed by atoms with van der Waals surface area (Å²) in [5.41, 5.74) is -0.330. The molecule has 142 valence electrons. The second-order valence-corrected chi connectivity index (χ2v) is 7.03. The first-order valence-corrected chi connectivity index (χ1v) is 8.60. The number of aryl methyl sites for hydroxylation is 2. The highest BCUT2D eigenvalue weighted by molar-refractivity contribution is 5.85. The highest BCUT2D eigenvalue weighted by Crippen LogP contribution is 2.20. The van der Waals surface area contributed by atoms with Crippen LogP contribution in [0, 0.1) is 0 Å². The van der Waals surface area contributed by atoms with E-state index in [1.165, 1.54) is 10.9 Å². The van der Waals surface area contributed by atoms with Crippen LogP contribution in [0.15, 0.2) is 15.9 Å². The van der Waals surface area contributed by atoms with Gasteiger partial charge < -0.3 is 14.8 Å². The number of nitrogens with zero attached hydrogens (tertiary/aromatic N) is 5. The molecule has 1 N–H and O–H groups in total. The standard InChI is InChI=1S/C16H22N6O3.ClH/c1-19-9-17-14-13(19)15(24)22(16(25)20(14)2)8-12(23)21-6-5-10-3-4-11(7-21)18-10;/h9-11,18H,3-8H2,1-2H3;1H. The van der Waals surface area contributed by atoms with E-state index in [1.54, 1.807) is 23.6 Å². The van der Waals surface area contributed by atoms with Crippen LogP contribution in [0.5, 0.6) is 0 Å². The van der Waals surface area contributed by atoms with Gasteiger partial charge in [0.25, 0.3) is 5.56 Å². The molecule has 4 heterocycles. The van der Waals surface area contributed by atoms with Crippen LogP contribution in [0.2, 0.25) is 0 Å². The van der Waals surface area contributed by atoms with Crippen molar-refractivity contribution in [1.29, 1.82) is 0 Å². The predicted octanol–water partition coefficient (Wildman–Crippen LogP) is -0.792. The molecule has 2 unspecified atom stereocenters. The number of carbonyl (C=O) groups excluding carboxylic acids is 1. The molecule has 0 aliphatic carbocycles. The zero-order valence-corrected chi connectivity index (χ0v) is 15.7. The molecule has 2 aliphatic rings. The largest absolute Gasteiger partial charge is 0.340 e. The summed E-state index contributed by atoms with van der Waals surface area (Å²) in [6, 6.07) is 0.791. The van der Waals surface area contributed by atoms with Gasteiger partial charge in [-0.2, -0.15) is 0 Å². The fourth-order valence-electron chi connectivity index (χ4n) is 3.94. The lowest BCUT2D eigenvalue weighted by Gasteiger charge is -2.24. The van der Waals surface area contributed by atoms with Crippen LogP contribution in [0.3, 0.4) is 0 Å². The number of carbonyl (C=O) groups is 1. The molecule has 2 aromatic rings. The van der Waals surface area contributed by atoms with Gasteiger partial charge in [0, 0.05) is 39.3 Å². The van der Waals surface area contributed by atoms with Gasteiger partial charge in [-0.05, 0) is 19.3 Å². The minimum Gasteiger partial charge on any atom is -0.340 e. The van der Waals surface area contributed by atoms with Crippen molar-refractivity contribution in [2.45, 2.75) is 37.9 Å². The summed E-state index contributed by atoms with van der Waals surface area (Å²) in [6.07, 6.45) is 4.63. The molecule has 0 aromatic carbocycles. The molecule has 2 aromatic heterocycles. The fraction of sp³-hybridized carbons (Fsp3) is 0.625. The first-order valence-electron chi connectivity index (χ1n) is 8.60. The van der Waals surface area contributed by atoms with E-state index in [0.29, 0.717) is 36.3 Å². The van der Waals surface area contributed by atoms with Crippen molar-refractivity contribution in [1.82, 2.24) is 28.9 Å². The van der Waals surface area contributed by atoms with Crippen molar-refractivity contribution >= 4 is 29.5 Å². The summed E-state index contributed by atoms with van der Waals surface area (Å²) in [7, 11) is 3.26. The first kappa shape index (κ1) is 18.7. The van der Waals surface area contributed by atoms with Crippen molar-refractivity contribution in [3.8, 4) is 0 Å². The van der Waals surface area contributed by atoms with Gasteiger partial charge in [0.2, 0.25) is 5.91 Å². The third kappa shape index (κ3) is 2.95. The quantitative estimate of drug-likeness (QED) is 0.734. The SMILES string of the molecule is Cl.Cn1cnc2c1c(=O)n(CC(=O)N1CCC3CCC(C1)N3)c(=O)n2C. The van der Waals surface area contributed by atoms with Gasteiger partial charge in [-0.25, -0.2) is 14.3 Å². The summed E-state index contributed by atoms with van der Waals surface area (Å²) in [4.78, 5) is 43.8. The van der Waals surface area contributed by atoms with Gasteiger partial charge in [0.15, 0.2) is 11.2 Å². The van der Waals surface area contributed by atoms with Gasteiger partial charge >= 0.3 is 5.69 Å². The topological polar surface area (TPSA) is 94.2 Å². The molecular weight excluding hydrogens is 360 g/mol. The summed E-state index contributed by atoms with van der Waals surface area (Å²) in [6.45, 7) is 1.07. The monoisotopic (exact) mass is 382 g/mol. The molecule has 2 saturated heterocycles. The smallest absolute Gasteiger partial charge is 0.332 e. The summed E-state index contributed by atoms with van der Waals surface area (Å²) >= 11 is 0. The van der Waals surface area contributed by atoms with Gasteiger partial charge in [0.1, 0.15) is 6.54 Å². The van der Waals surface area contributed by atoms with Crippen molar-refractivity contribution in [3.05, 3.63) is 27.2 Å². The van der Waals surface area contributed by atoms with Gasteiger partial charge in [-0.15, -0.1) is 12.4 Å². The Labute approximate surface area is 156 Å². The third-order valence-electron chi connectivity index (χ3n) is 5.37. The fourth-order valence-corrected chi connectivity index (χ4v) is 3.94. The molecule has 10 heteroatoms. The highest BCUT2D eigenvalue weighted by atomic mass is 35.5. The van der Waals surface area contributed by atoms with Crippen LogP contribution in [-0.2, 0) is 25.4 Å². The number of hydrogen-bond donors (Lipinski definition) is 1. The zero-order chi connectivity index (χ0) is 17.7. The molecule has 1 amide bonds. The van der Waals surface area contributed by atoms with E-state index in [1.807, 2.05) is 0 Å². The Morgan fingerprint density at radius 3 is 2.73 bits per heavy atom. The number of halogens is 1. The maximum absolute atomic E-state index is 12.7. The lowest BCUT2D eigenvalue weighted by Crippen LogP contribution is -2.46. The maximum Gasteiger partial charge on any atom is 0.332 e. The van der Waals surface area contributed by atoms with E-state index < -0.39 is 11.2 Å². The van der Waals surface area contributed by atoms with Crippen molar-refractivity contribution < 1.29 is 4.79 Å². The van der Waals surface area contributed by atoms with E-state index in [2.05, 4.69) is 10.3 Å². The van der Waals surface area contributed by atoms with Crippen LogP contribution < -0.4 is 16.6 Å². The highest BCUT2D eigenvalue weighted by Gasteiger charge is 2.31. The molecule has 2 bridgehead atoms. The number of hydrogen-bond acceptors (Lipinski definition) is 5. The Hall–Kier alpha value is -2.13. The molecule has 0 radical (unpaired) electrons. The number of fused-ring (bicyclic) bond motifs is 3. The molecular formula is C16H23ClN6O3. The lowest BCUT2D eigenvalue weighted by molar-refractivity contribution is -0.132. The van der Waals surface area contributed by atoms with Crippen LogP contribution in [-0.4, -0.2) is 54.7 Å². The second kappa shape index (κ2) is 6.88. The van der Waals surface area contributed by atoms with Crippen LogP contribution in [0.25, 0.3) is 11.2 Å². The molecule has 2 aliphatic heterocycles. The number of rotatable bonds is 2. The van der Waals surface area contributed by atoms with Crippen LogP contribution in [0.1, 0.15) is 19.3 Å². The number of amides is 1. The van der Waals surface area contributed by atoms with Crippen molar-refractivity contribution in [3.63, 3.8) is 0 Å². The summed E-state index contributed by atoms with van der Waals surface area (Å²) in [5.74, 6) is -0.185. The molecule has 0 saturated carbocycles. The molecule has 2 atom stereocenters. The van der Waals surface area contributed by atoms with E-state index in [9.17, 15) is 14.4 Å². The van der Waals surface area contributed by atoms with E-state index in [4.69, 9.17) is 0 Å². The van der Waals surface area contributed by atoms with Crippen LogP contribution in [0.4, 0.5) is 0 Å². The lowest BCUT2D eigenvalue weighted by atomic mass is 10.1. The Balaban J connectivity index is 0.00000196. The molecule has 4 rings (SSSR count). The summed E-state index contributed by atoms with van der Waals surface area (Å²) < 4.78 is 3.91. The van der Waals surface area contributed by atoms with Crippen LogP contribution >= 0.6 is 12.4 Å².